The van der Waals surface area contributed by atoms with E-state index in [-0.39, 0.29) is 36.6 Å². The fourth-order valence-corrected chi connectivity index (χ4v) is 3.97. The summed E-state index contributed by atoms with van der Waals surface area (Å²) in [6, 6.07) is 0. The number of esters is 1. The third kappa shape index (κ3) is 5.51. The number of ether oxygens (including phenoxy) is 2. The van der Waals surface area contributed by atoms with E-state index in [0.717, 1.165) is 19.3 Å². The molecular weight excluding hydrogens is 352 g/mol. The van der Waals surface area contributed by atoms with Gasteiger partial charge < -0.3 is 19.7 Å². The molecule has 27 heavy (non-hydrogen) atoms. The maximum absolute atomic E-state index is 12.2. The molecule has 2 N–H and O–H groups in total. The predicted octanol–water partition coefficient (Wildman–Crippen LogP) is 2.48. The van der Waals surface area contributed by atoms with Crippen LogP contribution in [0.4, 0.5) is 0 Å². The van der Waals surface area contributed by atoms with Crippen LogP contribution in [0.15, 0.2) is 0 Å². The number of Topliss-reactive ketones (excluding diaryl/α,β-unsaturated/α-hetero) is 1. The zero-order valence-electron chi connectivity index (χ0n) is 16.5. The van der Waals surface area contributed by atoms with Crippen molar-refractivity contribution in [1.29, 1.82) is 0 Å². The summed E-state index contributed by atoms with van der Waals surface area (Å²) in [6.07, 6.45) is 2.47. The van der Waals surface area contributed by atoms with Crippen molar-refractivity contribution in [3.63, 3.8) is 0 Å². The van der Waals surface area contributed by atoms with Crippen LogP contribution in [0.2, 0.25) is 0 Å². The molecule has 0 aromatic heterocycles. The molecule has 2 aliphatic rings. The van der Waals surface area contributed by atoms with E-state index >= 15 is 0 Å². The maximum atomic E-state index is 12.2. The number of hydrogen-bond donors (Lipinski definition) is 2. The summed E-state index contributed by atoms with van der Waals surface area (Å²) in [6.45, 7) is 5.98. The smallest absolute Gasteiger partial charge is 0.311 e. The van der Waals surface area contributed by atoms with Crippen LogP contribution >= 0.6 is 0 Å². The molecule has 2 saturated heterocycles. The van der Waals surface area contributed by atoms with Crippen molar-refractivity contribution < 1.29 is 34.1 Å². The number of fused-ring (bicyclic) bond motifs is 2. The van der Waals surface area contributed by atoms with Crippen LogP contribution in [0.1, 0.15) is 72.1 Å². The molecule has 4 atom stereocenters. The van der Waals surface area contributed by atoms with Gasteiger partial charge in [-0.15, -0.1) is 0 Å². The van der Waals surface area contributed by atoms with E-state index in [9.17, 15) is 19.5 Å². The Morgan fingerprint density at radius 3 is 2.59 bits per heavy atom. The van der Waals surface area contributed by atoms with Crippen molar-refractivity contribution in [3.05, 3.63) is 0 Å². The van der Waals surface area contributed by atoms with Gasteiger partial charge in [-0.3, -0.25) is 14.4 Å². The molecule has 2 heterocycles. The normalized spacial score (nSPS) is 28.1. The van der Waals surface area contributed by atoms with Gasteiger partial charge in [0.15, 0.2) is 0 Å². The van der Waals surface area contributed by atoms with E-state index < -0.39 is 29.5 Å². The van der Waals surface area contributed by atoms with Gasteiger partial charge in [-0.25, -0.2) is 0 Å². The zero-order chi connectivity index (χ0) is 20.2. The second-order valence-corrected chi connectivity index (χ2v) is 8.61. The number of ketones is 1. The van der Waals surface area contributed by atoms with Gasteiger partial charge in [0, 0.05) is 18.8 Å². The molecule has 0 radical (unpaired) electrons. The summed E-state index contributed by atoms with van der Waals surface area (Å²) in [5.41, 5.74) is -0.962. The lowest BCUT2D eigenvalue weighted by Crippen LogP contribution is -2.39. The third-order valence-electron chi connectivity index (χ3n) is 6.13. The molecule has 7 heteroatoms. The molecule has 0 spiro atoms. The molecule has 0 amide bonds. The molecule has 2 bridgehead atoms. The molecule has 154 valence electrons. The Morgan fingerprint density at radius 1 is 1.30 bits per heavy atom. The Hall–Kier alpha value is -1.47. The lowest BCUT2D eigenvalue weighted by Gasteiger charge is -2.33. The summed E-state index contributed by atoms with van der Waals surface area (Å²) in [7, 11) is 0. The number of aliphatic hydroxyl groups is 1. The number of carboxylic acids is 1. The van der Waals surface area contributed by atoms with Crippen molar-refractivity contribution in [3.8, 4) is 0 Å². The standard InChI is InChI=1S/C20H32O7/c1-4-19(2,3)18(25)26-12-13-9-16-6-8-20(13,27-16)7-5-14(21)10-15(22)11-17(23)24/h13,15-16,22H,4-12H2,1-3H3,(H,23,24)/t13-,15?,16+,20-/m1/s1. The Labute approximate surface area is 160 Å². The van der Waals surface area contributed by atoms with Gasteiger partial charge in [-0.2, -0.15) is 0 Å². The summed E-state index contributed by atoms with van der Waals surface area (Å²) >= 11 is 0. The summed E-state index contributed by atoms with van der Waals surface area (Å²) < 4.78 is 11.7. The molecule has 0 aromatic carbocycles. The number of carboxylic acid groups (broad SMARTS) is 1. The van der Waals surface area contributed by atoms with E-state index in [1.54, 1.807) is 0 Å². The Kier molecular flexibility index (Phi) is 7.03. The van der Waals surface area contributed by atoms with Gasteiger partial charge in [0.05, 0.1) is 36.3 Å². The number of carbonyl (C=O) groups excluding carboxylic acids is 2. The van der Waals surface area contributed by atoms with Crippen LogP contribution < -0.4 is 0 Å². The van der Waals surface area contributed by atoms with Crippen molar-refractivity contribution >= 4 is 17.7 Å². The number of hydrogen-bond acceptors (Lipinski definition) is 6. The van der Waals surface area contributed by atoms with Gasteiger partial charge in [-0.05, 0) is 46.0 Å². The van der Waals surface area contributed by atoms with Gasteiger partial charge in [0.1, 0.15) is 5.78 Å². The zero-order valence-corrected chi connectivity index (χ0v) is 16.5. The van der Waals surface area contributed by atoms with Crippen LogP contribution in [0.5, 0.6) is 0 Å². The fraction of sp³-hybridized carbons (Fsp3) is 0.850. The van der Waals surface area contributed by atoms with Gasteiger partial charge >= 0.3 is 11.9 Å². The minimum absolute atomic E-state index is 0.0737. The first-order valence-corrected chi connectivity index (χ1v) is 9.84. The van der Waals surface area contributed by atoms with Crippen LogP contribution in [0, 0.1) is 11.3 Å². The molecule has 2 rings (SSSR count). The third-order valence-corrected chi connectivity index (χ3v) is 6.13. The van der Waals surface area contributed by atoms with E-state index in [0.29, 0.717) is 19.4 Å². The van der Waals surface area contributed by atoms with Gasteiger partial charge in [0.25, 0.3) is 0 Å². The Morgan fingerprint density at radius 2 is 2.00 bits per heavy atom. The first-order chi connectivity index (χ1) is 12.6. The van der Waals surface area contributed by atoms with E-state index in [1.807, 2.05) is 20.8 Å². The minimum atomic E-state index is -1.15. The summed E-state index contributed by atoms with van der Waals surface area (Å²) in [5, 5.41) is 18.3. The number of aliphatic hydroxyl groups excluding tert-OH is 1. The van der Waals surface area contributed by atoms with E-state index in [1.165, 1.54) is 0 Å². The van der Waals surface area contributed by atoms with Crippen LogP contribution in [0.25, 0.3) is 0 Å². The lowest BCUT2D eigenvalue weighted by atomic mass is 9.76. The average molecular weight is 384 g/mol. The summed E-state index contributed by atoms with van der Waals surface area (Å²) in [5.74, 6) is -1.43. The second-order valence-electron chi connectivity index (χ2n) is 8.61. The lowest BCUT2D eigenvalue weighted by molar-refractivity contribution is -0.157. The van der Waals surface area contributed by atoms with E-state index in [2.05, 4.69) is 0 Å². The summed E-state index contributed by atoms with van der Waals surface area (Å²) in [4.78, 5) is 34.9. The Bertz CT molecular complexity index is 571. The quantitative estimate of drug-likeness (QED) is 0.527. The molecule has 1 unspecified atom stereocenters. The average Bonchev–Trinajstić information content (AvgIpc) is 3.15. The molecule has 0 aliphatic carbocycles. The molecule has 0 aromatic rings. The van der Waals surface area contributed by atoms with Gasteiger partial charge in [0.2, 0.25) is 0 Å². The van der Waals surface area contributed by atoms with Crippen LogP contribution in [-0.4, -0.2) is 52.4 Å². The molecule has 0 saturated carbocycles. The monoisotopic (exact) mass is 384 g/mol. The molecular formula is C20H32O7. The number of aliphatic carboxylic acids is 1. The van der Waals surface area contributed by atoms with Crippen molar-refractivity contribution in [2.45, 2.75) is 89.9 Å². The van der Waals surface area contributed by atoms with E-state index in [4.69, 9.17) is 14.6 Å². The molecule has 7 nitrogen and oxygen atoms in total. The molecule has 2 fully saturated rings. The van der Waals surface area contributed by atoms with Crippen molar-refractivity contribution in [2.75, 3.05) is 6.61 Å². The highest BCUT2D eigenvalue weighted by Crippen LogP contribution is 2.50. The Balaban J connectivity index is 1.87. The first kappa shape index (κ1) is 21.8. The predicted molar refractivity (Wildman–Crippen MR) is 97.1 cm³/mol. The topological polar surface area (TPSA) is 110 Å². The number of carbonyl (C=O) groups is 3. The van der Waals surface area contributed by atoms with Crippen LogP contribution in [-0.2, 0) is 23.9 Å². The fourth-order valence-electron chi connectivity index (χ4n) is 3.97. The second kappa shape index (κ2) is 8.69. The highest BCUT2D eigenvalue weighted by molar-refractivity contribution is 5.80. The SMILES string of the molecule is CCC(C)(C)C(=O)OC[C@H]1C[C@@H]2CC[C@@]1(CCC(=O)CC(O)CC(=O)O)O2. The largest absolute Gasteiger partial charge is 0.481 e. The highest BCUT2D eigenvalue weighted by Gasteiger charge is 2.53. The maximum Gasteiger partial charge on any atom is 0.311 e. The first-order valence-electron chi connectivity index (χ1n) is 9.84. The van der Waals surface area contributed by atoms with Crippen molar-refractivity contribution in [1.82, 2.24) is 0 Å². The van der Waals surface area contributed by atoms with Gasteiger partial charge in [-0.1, -0.05) is 6.92 Å². The van der Waals surface area contributed by atoms with Crippen molar-refractivity contribution in [2.24, 2.45) is 11.3 Å². The number of rotatable bonds is 11. The van der Waals surface area contributed by atoms with Crippen LogP contribution in [0.3, 0.4) is 0 Å². The highest BCUT2D eigenvalue weighted by atomic mass is 16.5. The minimum Gasteiger partial charge on any atom is -0.481 e. The molecule has 2 aliphatic heterocycles.